The molecule has 1 aromatic rings. The second-order valence-electron chi connectivity index (χ2n) is 5.78. The Hall–Kier alpha value is -2.24. The zero-order chi connectivity index (χ0) is 16.7. The molecule has 1 aliphatic rings. The molecule has 126 valence electrons. The number of nitrogens with one attached hydrogen (secondary N) is 1. The number of aliphatic carboxylic acids is 1. The number of hydrogen-bond donors (Lipinski definition) is 2. The minimum absolute atomic E-state index is 0.217. The number of hydrogen-bond acceptors (Lipinski definition) is 3. The molecule has 1 atom stereocenters. The van der Waals surface area contributed by atoms with Crippen LogP contribution < -0.4 is 10.1 Å². The Balaban J connectivity index is 1.80. The normalized spacial score (nSPS) is 17.1. The summed E-state index contributed by atoms with van der Waals surface area (Å²) in [5, 5.41) is 11.8. The van der Waals surface area contributed by atoms with Crippen molar-refractivity contribution in [2.45, 2.75) is 32.7 Å². The second kappa shape index (κ2) is 8.41. The van der Waals surface area contributed by atoms with Gasteiger partial charge in [-0.1, -0.05) is 25.5 Å². The minimum atomic E-state index is -0.836. The van der Waals surface area contributed by atoms with E-state index in [1.165, 1.54) is 0 Å². The maximum Gasteiger partial charge on any atom is 0.317 e. The van der Waals surface area contributed by atoms with Crippen molar-refractivity contribution in [3.8, 4) is 5.75 Å². The largest absolute Gasteiger partial charge is 0.494 e. The molecule has 1 unspecified atom stereocenters. The minimum Gasteiger partial charge on any atom is -0.494 e. The molecule has 6 heteroatoms. The van der Waals surface area contributed by atoms with Crippen molar-refractivity contribution in [3.63, 3.8) is 0 Å². The van der Waals surface area contributed by atoms with Gasteiger partial charge < -0.3 is 20.1 Å². The number of nitrogens with zero attached hydrogens (tertiary/aromatic N) is 1. The Labute approximate surface area is 136 Å². The van der Waals surface area contributed by atoms with Crippen LogP contribution in [0, 0.1) is 5.92 Å². The van der Waals surface area contributed by atoms with Crippen LogP contribution in [0.2, 0.25) is 0 Å². The van der Waals surface area contributed by atoms with E-state index in [1.54, 1.807) is 4.90 Å². The standard InChI is InChI=1S/C17H24N2O4/c1-2-3-9-23-15-6-4-5-13(10-15)11-18-17(22)19-8-7-14(12-19)16(20)21/h4-6,10,14H,2-3,7-9,11-12H2,1H3,(H,18,22)(H,20,21). The SMILES string of the molecule is CCCCOc1cccc(CNC(=O)N2CCC(C(=O)O)C2)c1. The van der Waals surface area contributed by atoms with Crippen LogP contribution in [0.5, 0.6) is 5.75 Å². The summed E-state index contributed by atoms with van der Waals surface area (Å²) >= 11 is 0. The van der Waals surface area contributed by atoms with Crippen LogP contribution in [0.3, 0.4) is 0 Å². The number of amides is 2. The maximum atomic E-state index is 12.1. The molecule has 0 bridgehead atoms. The highest BCUT2D eigenvalue weighted by molar-refractivity contribution is 5.77. The summed E-state index contributed by atoms with van der Waals surface area (Å²) in [6.45, 7) is 3.97. The number of carbonyl (C=O) groups is 2. The number of rotatable bonds is 7. The smallest absolute Gasteiger partial charge is 0.317 e. The van der Waals surface area contributed by atoms with Crippen molar-refractivity contribution < 1.29 is 19.4 Å². The van der Waals surface area contributed by atoms with E-state index >= 15 is 0 Å². The Morgan fingerprint density at radius 3 is 2.96 bits per heavy atom. The van der Waals surface area contributed by atoms with E-state index in [0.29, 0.717) is 26.1 Å². The van der Waals surface area contributed by atoms with Crippen molar-refractivity contribution in [3.05, 3.63) is 29.8 Å². The van der Waals surface area contributed by atoms with Gasteiger partial charge >= 0.3 is 12.0 Å². The summed E-state index contributed by atoms with van der Waals surface area (Å²) in [5.74, 6) is -0.481. The maximum absolute atomic E-state index is 12.1. The zero-order valence-corrected chi connectivity index (χ0v) is 13.5. The van der Waals surface area contributed by atoms with E-state index in [1.807, 2.05) is 24.3 Å². The van der Waals surface area contributed by atoms with E-state index in [4.69, 9.17) is 9.84 Å². The van der Waals surface area contributed by atoms with Gasteiger partial charge in [0.25, 0.3) is 0 Å². The van der Waals surface area contributed by atoms with Gasteiger partial charge in [-0.05, 0) is 30.5 Å². The molecule has 2 N–H and O–H groups in total. The molecule has 0 radical (unpaired) electrons. The van der Waals surface area contributed by atoms with Gasteiger partial charge in [-0.2, -0.15) is 0 Å². The molecule has 23 heavy (non-hydrogen) atoms. The molecule has 1 aromatic carbocycles. The summed E-state index contributed by atoms with van der Waals surface area (Å²) in [6, 6.07) is 7.43. The van der Waals surface area contributed by atoms with E-state index in [2.05, 4.69) is 12.2 Å². The lowest BCUT2D eigenvalue weighted by Crippen LogP contribution is -2.38. The first-order valence-corrected chi connectivity index (χ1v) is 8.07. The van der Waals surface area contributed by atoms with Crippen LogP contribution in [0.15, 0.2) is 24.3 Å². The van der Waals surface area contributed by atoms with E-state index in [9.17, 15) is 9.59 Å². The van der Waals surface area contributed by atoms with Gasteiger partial charge in [-0.15, -0.1) is 0 Å². The molecule has 1 heterocycles. The molecule has 2 amide bonds. The van der Waals surface area contributed by atoms with Crippen molar-refractivity contribution in [1.29, 1.82) is 0 Å². The lowest BCUT2D eigenvalue weighted by atomic mass is 10.1. The summed E-state index contributed by atoms with van der Waals surface area (Å²) in [4.78, 5) is 24.6. The third-order valence-electron chi connectivity index (χ3n) is 3.93. The highest BCUT2D eigenvalue weighted by atomic mass is 16.5. The zero-order valence-electron chi connectivity index (χ0n) is 13.5. The van der Waals surface area contributed by atoms with Crippen LogP contribution in [-0.2, 0) is 11.3 Å². The number of benzene rings is 1. The highest BCUT2D eigenvalue weighted by Gasteiger charge is 2.30. The fourth-order valence-electron chi connectivity index (χ4n) is 2.52. The quantitative estimate of drug-likeness (QED) is 0.757. The number of likely N-dealkylation sites (tertiary alicyclic amines) is 1. The number of carboxylic acids is 1. The number of carboxylic acid groups (broad SMARTS) is 1. The number of ether oxygens (including phenoxy) is 1. The average molecular weight is 320 g/mol. The van der Waals surface area contributed by atoms with Crippen molar-refractivity contribution >= 4 is 12.0 Å². The first-order chi connectivity index (χ1) is 11.1. The monoisotopic (exact) mass is 320 g/mol. The molecular formula is C17H24N2O4. The molecule has 0 aliphatic carbocycles. The summed E-state index contributed by atoms with van der Waals surface area (Å²) < 4.78 is 5.65. The van der Waals surface area contributed by atoms with Crippen LogP contribution in [-0.4, -0.2) is 41.7 Å². The van der Waals surface area contributed by atoms with Gasteiger partial charge in [0.2, 0.25) is 0 Å². The van der Waals surface area contributed by atoms with Gasteiger partial charge in [-0.25, -0.2) is 4.79 Å². The summed E-state index contributed by atoms with van der Waals surface area (Å²) in [7, 11) is 0. The Morgan fingerprint density at radius 2 is 2.26 bits per heavy atom. The van der Waals surface area contributed by atoms with Gasteiger partial charge in [-0.3, -0.25) is 4.79 Å². The van der Waals surface area contributed by atoms with Crippen molar-refractivity contribution in [2.75, 3.05) is 19.7 Å². The van der Waals surface area contributed by atoms with E-state index in [-0.39, 0.29) is 12.6 Å². The van der Waals surface area contributed by atoms with Crippen molar-refractivity contribution in [2.24, 2.45) is 5.92 Å². The third kappa shape index (κ3) is 5.16. The van der Waals surface area contributed by atoms with Crippen LogP contribution in [0.25, 0.3) is 0 Å². The van der Waals surface area contributed by atoms with E-state index in [0.717, 1.165) is 24.2 Å². The van der Waals surface area contributed by atoms with Crippen LogP contribution in [0.4, 0.5) is 4.79 Å². The molecule has 0 spiro atoms. The van der Waals surface area contributed by atoms with Crippen LogP contribution in [0.1, 0.15) is 31.7 Å². The fourth-order valence-corrected chi connectivity index (χ4v) is 2.52. The molecule has 1 aliphatic heterocycles. The van der Waals surface area contributed by atoms with Gasteiger partial charge in [0, 0.05) is 19.6 Å². The van der Waals surface area contributed by atoms with Crippen LogP contribution >= 0.6 is 0 Å². The molecule has 0 saturated carbocycles. The molecule has 2 rings (SSSR count). The number of unbranched alkanes of at least 4 members (excludes halogenated alkanes) is 1. The Morgan fingerprint density at radius 1 is 1.43 bits per heavy atom. The lowest BCUT2D eigenvalue weighted by molar-refractivity contribution is -0.141. The predicted molar refractivity (Wildman–Crippen MR) is 86.4 cm³/mol. The molecular weight excluding hydrogens is 296 g/mol. The summed E-state index contributed by atoms with van der Waals surface area (Å²) in [5.41, 5.74) is 0.960. The predicted octanol–water partition coefficient (Wildman–Crippen LogP) is 2.48. The van der Waals surface area contributed by atoms with Gasteiger partial charge in [0.15, 0.2) is 0 Å². The third-order valence-corrected chi connectivity index (χ3v) is 3.93. The number of urea groups is 1. The summed E-state index contributed by atoms with van der Waals surface area (Å²) in [6.07, 6.45) is 2.62. The Bertz CT molecular complexity index is 547. The molecule has 6 nitrogen and oxygen atoms in total. The lowest BCUT2D eigenvalue weighted by Gasteiger charge is -2.17. The van der Waals surface area contributed by atoms with Gasteiger partial charge in [0.05, 0.1) is 12.5 Å². The fraction of sp³-hybridized carbons (Fsp3) is 0.529. The second-order valence-corrected chi connectivity index (χ2v) is 5.78. The molecule has 0 aromatic heterocycles. The average Bonchev–Trinajstić information content (AvgIpc) is 3.04. The number of carbonyl (C=O) groups excluding carboxylic acids is 1. The molecule has 1 fully saturated rings. The first-order valence-electron chi connectivity index (χ1n) is 8.07. The molecule has 1 saturated heterocycles. The highest BCUT2D eigenvalue weighted by Crippen LogP contribution is 2.17. The van der Waals surface area contributed by atoms with Crippen molar-refractivity contribution in [1.82, 2.24) is 10.2 Å². The van der Waals surface area contributed by atoms with Gasteiger partial charge in [0.1, 0.15) is 5.75 Å². The topological polar surface area (TPSA) is 78.9 Å². The first kappa shape index (κ1) is 17.1. The Kier molecular flexibility index (Phi) is 6.26. The van der Waals surface area contributed by atoms with E-state index < -0.39 is 11.9 Å².